The molecule has 0 radical (unpaired) electrons. The van der Waals surface area contributed by atoms with Crippen molar-refractivity contribution in [1.29, 1.82) is 0 Å². The minimum atomic E-state index is 0.195. The minimum absolute atomic E-state index is 0.195. The van der Waals surface area contributed by atoms with Crippen molar-refractivity contribution in [3.8, 4) is 0 Å². The summed E-state index contributed by atoms with van der Waals surface area (Å²) in [6.07, 6.45) is 3.84. The first-order valence-corrected chi connectivity index (χ1v) is 5.82. The van der Waals surface area contributed by atoms with Crippen molar-refractivity contribution in [1.82, 2.24) is 5.43 Å². The molecule has 0 fully saturated rings. The molecule has 0 amide bonds. The van der Waals surface area contributed by atoms with Gasteiger partial charge in [0.05, 0.1) is 0 Å². The number of rotatable bonds is 5. The van der Waals surface area contributed by atoms with Crippen LogP contribution in [0.3, 0.4) is 0 Å². The van der Waals surface area contributed by atoms with Crippen molar-refractivity contribution in [3.05, 3.63) is 46.5 Å². The fourth-order valence-corrected chi connectivity index (χ4v) is 2.00. The molecular weight excluding hydrogens is 252 g/mol. The molecule has 0 aliphatic heterocycles. The van der Waals surface area contributed by atoms with E-state index in [-0.39, 0.29) is 6.04 Å². The smallest absolute Gasteiger partial charge is 0.0465 e. The maximum Gasteiger partial charge on any atom is 0.0465 e. The van der Waals surface area contributed by atoms with Crippen LogP contribution in [0.25, 0.3) is 0 Å². The average molecular weight is 269 g/mol. The number of hydrogen-bond donors (Lipinski definition) is 2. The Labute approximate surface area is 99.7 Å². The summed E-state index contributed by atoms with van der Waals surface area (Å²) in [5, 5.41) is 0. The predicted molar refractivity (Wildman–Crippen MR) is 68.4 cm³/mol. The van der Waals surface area contributed by atoms with E-state index in [0.717, 1.165) is 17.3 Å². The lowest BCUT2D eigenvalue weighted by Crippen LogP contribution is -2.28. The van der Waals surface area contributed by atoms with Gasteiger partial charge in [-0.25, -0.2) is 0 Å². The largest absolute Gasteiger partial charge is 0.271 e. The number of hydrazine groups is 1. The SMILES string of the molecule is C=CCCC(NN)c1cccc(Br)c1C. The van der Waals surface area contributed by atoms with Gasteiger partial charge < -0.3 is 0 Å². The Balaban J connectivity index is 2.90. The summed E-state index contributed by atoms with van der Waals surface area (Å²) in [5.74, 6) is 5.56. The van der Waals surface area contributed by atoms with E-state index in [4.69, 9.17) is 5.84 Å². The highest BCUT2D eigenvalue weighted by Crippen LogP contribution is 2.26. The van der Waals surface area contributed by atoms with Crippen molar-refractivity contribution < 1.29 is 0 Å². The second-order valence-electron chi connectivity index (χ2n) is 3.54. The van der Waals surface area contributed by atoms with Crippen LogP contribution in [-0.2, 0) is 0 Å². The van der Waals surface area contributed by atoms with Crippen LogP contribution in [0.5, 0.6) is 0 Å². The topological polar surface area (TPSA) is 38.0 Å². The van der Waals surface area contributed by atoms with Gasteiger partial charge in [0.1, 0.15) is 0 Å². The lowest BCUT2D eigenvalue weighted by molar-refractivity contribution is 0.518. The van der Waals surface area contributed by atoms with E-state index in [1.165, 1.54) is 11.1 Å². The quantitative estimate of drug-likeness (QED) is 0.489. The molecule has 3 heteroatoms. The molecule has 0 saturated carbocycles. The van der Waals surface area contributed by atoms with Crippen molar-refractivity contribution in [2.75, 3.05) is 0 Å². The van der Waals surface area contributed by atoms with Crippen molar-refractivity contribution in [3.63, 3.8) is 0 Å². The van der Waals surface area contributed by atoms with Crippen LogP contribution in [0.4, 0.5) is 0 Å². The van der Waals surface area contributed by atoms with Crippen LogP contribution in [0, 0.1) is 6.92 Å². The lowest BCUT2D eigenvalue weighted by Gasteiger charge is -2.18. The van der Waals surface area contributed by atoms with Gasteiger partial charge in [-0.2, -0.15) is 0 Å². The normalized spacial score (nSPS) is 12.5. The van der Waals surface area contributed by atoms with Crippen molar-refractivity contribution >= 4 is 15.9 Å². The van der Waals surface area contributed by atoms with Crippen LogP contribution < -0.4 is 11.3 Å². The van der Waals surface area contributed by atoms with Gasteiger partial charge in [-0.15, -0.1) is 6.58 Å². The van der Waals surface area contributed by atoms with Gasteiger partial charge in [0, 0.05) is 10.5 Å². The van der Waals surface area contributed by atoms with Crippen molar-refractivity contribution in [2.24, 2.45) is 5.84 Å². The van der Waals surface area contributed by atoms with Gasteiger partial charge in [-0.05, 0) is 37.0 Å². The maximum atomic E-state index is 5.56. The molecule has 0 spiro atoms. The Hall–Kier alpha value is -0.640. The third-order valence-electron chi connectivity index (χ3n) is 2.55. The Morgan fingerprint density at radius 3 is 2.93 bits per heavy atom. The predicted octanol–water partition coefficient (Wildman–Crippen LogP) is 3.23. The summed E-state index contributed by atoms with van der Waals surface area (Å²) in [5.41, 5.74) is 5.34. The maximum absolute atomic E-state index is 5.56. The number of nitrogens with one attached hydrogen (secondary N) is 1. The van der Waals surface area contributed by atoms with Crippen LogP contribution in [0.15, 0.2) is 35.3 Å². The standard InChI is InChI=1S/C12H17BrN2/c1-3-4-8-12(15-14)10-6-5-7-11(13)9(10)2/h3,5-7,12,15H,1,4,8,14H2,2H3. The Morgan fingerprint density at radius 1 is 1.60 bits per heavy atom. The number of halogens is 1. The zero-order chi connectivity index (χ0) is 11.3. The summed E-state index contributed by atoms with van der Waals surface area (Å²) < 4.78 is 1.12. The molecule has 1 atom stereocenters. The van der Waals surface area contributed by atoms with Gasteiger partial charge in [0.15, 0.2) is 0 Å². The monoisotopic (exact) mass is 268 g/mol. The third-order valence-corrected chi connectivity index (χ3v) is 3.40. The van der Waals surface area contributed by atoms with Crippen LogP contribution >= 0.6 is 15.9 Å². The summed E-state index contributed by atoms with van der Waals surface area (Å²) in [7, 11) is 0. The van der Waals surface area contributed by atoms with Gasteiger partial charge in [-0.3, -0.25) is 11.3 Å². The first-order valence-electron chi connectivity index (χ1n) is 5.02. The van der Waals surface area contributed by atoms with Crippen LogP contribution in [0.2, 0.25) is 0 Å². The number of benzene rings is 1. The fourth-order valence-electron chi connectivity index (χ4n) is 1.61. The molecule has 1 rings (SSSR count). The van der Waals surface area contributed by atoms with Crippen LogP contribution in [-0.4, -0.2) is 0 Å². The molecule has 0 bridgehead atoms. The van der Waals surface area contributed by atoms with E-state index in [1.807, 2.05) is 18.2 Å². The van der Waals surface area contributed by atoms with E-state index >= 15 is 0 Å². The Bertz CT molecular complexity index is 336. The molecule has 3 N–H and O–H groups in total. The molecule has 0 aliphatic carbocycles. The molecule has 1 unspecified atom stereocenters. The molecule has 82 valence electrons. The Morgan fingerprint density at radius 2 is 2.33 bits per heavy atom. The fraction of sp³-hybridized carbons (Fsp3) is 0.333. The first kappa shape index (κ1) is 12.4. The van der Waals surface area contributed by atoms with E-state index < -0.39 is 0 Å². The number of nitrogens with two attached hydrogens (primary N) is 1. The number of hydrogen-bond acceptors (Lipinski definition) is 2. The van der Waals surface area contributed by atoms with Crippen molar-refractivity contribution in [2.45, 2.75) is 25.8 Å². The lowest BCUT2D eigenvalue weighted by atomic mass is 9.98. The summed E-state index contributed by atoms with van der Waals surface area (Å²) in [6.45, 7) is 5.82. The molecule has 1 aromatic carbocycles. The third kappa shape index (κ3) is 3.16. The molecule has 0 heterocycles. The molecule has 0 aliphatic rings. The van der Waals surface area contributed by atoms with Gasteiger partial charge in [0.25, 0.3) is 0 Å². The summed E-state index contributed by atoms with van der Waals surface area (Å²) in [6, 6.07) is 6.37. The minimum Gasteiger partial charge on any atom is -0.271 e. The molecule has 0 saturated heterocycles. The van der Waals surface area contributed by atoms with Gasteiger partial charge in [-0.1, -0.05) is 34.1 Å². The molecule has 2 nitrogen and oxygen atoms in total. The zero-order valence-electron chi connectivity index (χ0n) is 8.96. The first-order chi connectivity index (χ1) is 7.20. The summed E-state index contributed by atoms with van der Waals surface area (Å²) in [4.78, 5) is 0. The van der Waals surface area contributed by atoms with Gasteiger partial charge >= 0.3 is 0 Å². The molecular formula is C12H17BrN2. The highest BCUT2D eigenvalue weighted by molar-refractivity contribution is 9.10. The van der Waals surface area contributed by atoms with E-state index in [1.54, 1.807) is 0 Å². The zero-order valence-corrected chi connectivity index (χ0v) is 10.5. The van der Waals surface area contributed by atoms with E-state index in [2.05, 4.69) is 40.9 Å². The van der Waals surface area contributed by atoms with Gasteiger partial charge in [0.2, 0.25) is 0 Å². The highest BCUT2D eigenvalue weighted by atomic mass is 79.9. The second kappa shape index (κ2) is 6.05. The molecule has 15 heavy (non-hydrogen) atoms. The highest BCUT2D eigenvalue weighted by Gasteiger charge is 2.12. The average Bonchev–Trinajstić information content (AvgIpc) is 2.25. The molecule has 0 aromatic heterocycles. The summed E-state index contributed by atoms with van der Waals surface area (Å²) >= 11 is 3.52. The van der Waals surface area contributed by atoms with Crippen LogP contribution in [0.1, 0.15) is 30.0 Å². The molecule has 1 aromatic rings. The second-order valence-corrected chi connectivity index (χ2v) is 4.39. The van der Waals surface area contributed by atoms with E-state index in [9.17, 15) is 0 Å². The Kier molecular flexibility index (Phi) is 5.02. The van der Waals surface area contributed by atoms with E-state index in [0.29, 0.717) is 0 Å². The number of allylic oxidation sites excluding steroid dienone is 1.